The molecule has 3 rings (SSSR count). The minimum absolute atomic E-state index is 0.0120. The van der Waals surface area contributed by atoms with E-state index in [1.807, 2.05) is 38.1 Å². The van der Waals surface area contributed by atoms with E-state index < -0.39 is 5.91 Å². The molecule has 2 N–H and O–H groups in total. The summed E-state index contributed by atoms with van der Waals surface area (Å²) < 4.78 is 5.80. The van der Waals surface area contributed by atoms with Crippen molar-refractivity contribution in [1.82, 2.24) is 9.97 Å². The third kappa shape index (κ3) is 5.08. The van der Waals surface area contributed by atoms with Gasteiger partial charge in [0.1, 0.15) is 17.5 Å². The van der Waals surface area contributed by atoms with E-state index in [2.05, 4.69) is 26.7 Å². The Labute approximate surface area is 169 Å². The molecule has 2 aromatic carbocycles. The average molecular weight is 387 g/mol. The SMILES string of the molecule is Cc1cc(C(=O)Nc2ccccc2C#N)nc(Nc2ccccc2OC(C)C)n1. The fourth-order valence-electron chi connectivity index (χ4n) is 2.66. The van der Waals surface area contributed by atoms with E-state index in [4.69, 9.17) is 4.74 Å². The first-order valence-corrected chi connectivity index (χ1v) is 9.15. The number of carbonyl (C=O) groups is 1. The topological polar surface area (TPSA) is 99.9 Å². The van der Waals surface area contributed by atoms with Crippen LogP contribution in [0.5, 0.6) is 5.75 Å². The second-order valence-corrected chi connectivity index (χ2v) is 6.62. The molecule has 1 heterocycles. The average Bonchev–Trinajstić information content (AvgIpc) is 2.69. The summed E-state index contributed by atoms with van der Waals surface area (Å²) in [5.74, 6) is 0.526. The molecule has 0 spiro atoms. The molecule has 0 atom stereocenters. The number of anilines is 3. The standard InChI is InChI=1S/C22H21N5O2/c1-14(2)29-20-11-7-6-10-18(20)26-22-24-15(3)12-19(27-22)21(28)25-17-9-5-4-8-16(17)13-23/h4-12,14H,1-3H3,(H,25,28)(H,24,26,27). The fourth-order valence-corrected chi connectivity index (χ4v) is 2.66. The van der Waals surface area contributed by atoms with Crippen LogP contribution in [0.1, 0.15) is 35.6 Å². The van der Waals surface area contributed by atoms with Gasteiger partial charge in [0, 0.05) is 5.69 Å². The number of benzene rings is 2. The molecule has 0 aliphatic rings. The lowest BCUT2D eigenvalue weighted by Crippen LogP contribution is -2.16. The van der Waals surface area contributed by atoms with Crippen molar-refractivity contribution in [3.05, 3.63) is 71.5 Å². The molecular formula is C22H21N5O2. The second kappa shape index (κ2) is 8.85. The van der Waals surface area contributed by atoms with Crippen molar-refractivity contribution >= 4 is 23.2 Å². The number of nitrogens with one attached hydrogen (secondary N) is 2. The molecule has 0 aliphatic heterocycles. The van der Waals surface area contributed by atoms with Crippen LogP contribution in [0.3, 0.4) is 0 Å². The predicted molar refractivity (Wildman–Crippen MR) is 111 cm³/mol. The lowest BCUT2D eigenvalue weighted by molar-refractivity contribution is 0.102. The van der Waals surface area contributed by atoms with Gasteiger partial charge in [0.25, 0.3) is 5.91 Å². The summed E-state index contributed by atoms with van der Waals surface area (Å²) in [6, 6.07) is 17.9. The monoisotopic (exact) mass is 387 g/mol. The zero-order valence-electron chi connectivity index (χ0n) is 16.4. The summed E-state index contributed by atoms with van der Waals surface area (Å²) in [6.45, 7) is 5.67. The third-order valence-electron chi connectivity index (χ3n) is 3.88. The van der Waals surface area contributed by atoms with Gasteiger partial charge in [-0.25, -0.2) is 9.97 Å². The van der Waals surface area contributed by atoms with Crippen molar-refractivity contribution < 1.29 is 9.53 Å². The molecular weight excluding hydrogens is 366 g/mol. The van der Waals surface area contributed by atoms with E-state index in [1.54, 1.807) is 37.3 Å². The van der Waals surface area contributed by atoms with Crippen LogP contribution in [0.4, 0.5) is 17.3 Å². The molecule has 0 unspecified atom stereocenters. The normalized spacial score (nSPS) is 10.3. The number of amides is 1. The van der Waals surface area contributed by atoms with Crippen molar-refractivity contribution in [2.24, 2.45) is 0 Å². The molecule has 0 radical (unpaired) electrons. The van der Waals surface area contributed by atoms with Gasteiger partial charge in [-0.2, -0.15) is 5.26 Å². The third-order valence-corrected chi connectivity index (χ3v) is 3.88. The Morgan fingerprint density at radius 3 is 2.48 bits per heavy atom. The fraction of sp³-hybridized carbons (Fsp3) is 0.182. The number of aromatic nitrogens is 2. The van der Waals surface area contributed by atoms with Gasteiger partial charge < -0.3 is 15.4 Å². The summed E-state index contributed by atoms with van der Waals surface area (Å²) in [5, 5.41) is 15.0. The first kappa shape index (κ1) is 19.8. The number of aryl methyl sites for hydroxylation is 1. The number of para-hydroxylation sites is 3. The lowest BCUT2D eigenvalue weighted by Gasteiger charge is -2.15. The number of hydrogen-bond acceptors (Lipinski definition) is 6. The van der Waals surface area contributed by atoms with Crippen LogP contribution in [0, 0.1) is 18.3 Å². The predicted octanol–water partition coefficient (Wildman–Crippen LogP) is 4.44. The van der Waals surface area contributed by atoms with Gasteiger partial charge in [-0.05, 0) is 51.1 Å². The van der Waals surface area contributed by atoms with E-state index in [1.165, 1.54) is 0 Å². The molecule has 146 valence electrons. The highest BCUT2D eigenvalue weighted by atomic mass is 16.5. The Morgan fingerprint density at radius 1 is 1.07 bits per heavy atom. The Kier molecular flexibility index (Phi) is 6.05. The van der Waals surface area contributed by atoms with Crippen LogP contribution in [-0.4, -0.2) is 22.0 Å². The highest BCUT2D eigenvalue weighted by Crippen LogP contribution is 2.27. The van der Waals surface area contributed by atoms with Crippen molar-refractivity contribution in [3.63, 3.8) is 0 Å². The van der Waals surface area contributed by atoms with E-state index in [0.29, 0.717) is 28.4 Å². The van der Waals surface area contributed by atoms with Gasteiger partial charge in [-0.1, -0.05) is 24.3 Å². The van der Waals surface area contributed by atoms with Gasteiger partial charge in [0.2, 0.25) is 5.95 Å². The van der Waals surface area contributed by atoms with Crippen LogP contribution in [0.15, 0.2) is 54.6 Å². The van der Waals surface area contributed by atoms with Crippen molar-refractivity contribution in [2.45, 2.75) is 26.9 Å². The quantitative estimate of drug-likeness (QED) is 0.649. The summed E-state index contributed by atoms with van der Waals surface area (Å²) in [5.41, 5.74) is 2.33. The van der Waals surface area contributed by atoms with E-state index in [0.717, 1.165) is 0 Å². The largest absolute Gasteiger partial charge is 0.489 e. The first-order valence-electron chi connectivity index (χ1n) is 9.15. The van der Waals surface area contributed by atoms with Gasteiger partial charge in [0.15, 0.2) is 0 Å². The van der Waals surface area contributed by atoms with Crippen LogP contribution < -0.4 is 15.4 Å². The lowest BCUT2D eigenvalue weighted by atomic mass is 10.2. The molecule has 0 bridgehead atoms. The Balaban J connectivity index is 1.85. The number of nitriles is 1. The Bertz CT molecular complexity index is 1070. The van der Waals surface area contributed by atoms with E-state index in [-0.39, 0.29) is 17.7 Å². The molecule has 0 saturated carbocycles. The van der Waals surface area contributed by atoms with E-state index >= 15 is 0 Å². The molecule has 0 fully saturated rings. The van der Waals surface area contributed by atoms with Gasteiger partial charge in [-0.15, -0.1) is 0 Å². The number of ether oxygens (including phenoxy) is 1. The first-order chi connectivity index (χ1) is 14.0. The molecule has 7 nitrogen and oxygen atoms in total. The van der Waals surface area contributed by atoms with Gasteiger partial charge >= 0.3 is 0 Å². The molecule has 7 heteroatoms. The summed E-state index contributed by atoms with van der Waals surface area (Å²) in [4.78, 5) is 21.4. The zero-order valence-corrected chi connectivity index (χ0v) is 16.4. The number of carbonyl (C=O) groups excluding carboxylic acids is 1. The highest BCUT2D eigenvalue weighted by Gasteiger charge is 2.14. The maximum absolute atomic E-state index is 12.7. The molecule has 1 amide bonds. The zero-order chi connectivity index (χ0) is 20.8. The van der Waals surface area contributed by atoms with Crippen LogP contribution in [0.25, 0.3) is 0 Å². The van der Waals surface area contributed by atoms with E-state index in [9.17, 15) is 10.1 Å². The molecule has 1 aromatic heterocycles. The summed E-state index contributed by atoms with van der Waals surface area (Å²) >= 11 is 0. The number of hydrogen-bond donors (Lipinski definition) is 2. The van der Waals surface area contributed by atoms with Crippen molar-refractivity contribution in [3.8, 4) is 11.8 Å². The minimum atomic E-state index is -0.423. The Morgan fingerprint density at radius 2 is 1.76 bits per heavy atom. The van der Waals surface area contributed by atoms with Crippen LogP contribution in [0.2, 0.25) is 0 Å². The minimum Gasteiger partial charge on any atom is -0.489 e. The Hall–Kier alpha value is -3.92. The molecule has 0 aliphatic carbocycles. The second-order valence-electron chi connectivity index (χ2n) is 6.62. The molecule has 3 aromatic rings. The van der Waals surface area contributed by atoms with Gasteiger partial charge in [0.05, 0.1) is 23.0 Å². The van der Waals surface area contributed by atoms with Crippen LogP contribution >= 0.6 is 0 Å². The summed E-state index contributed by atoms with van der Waals surface area (Å²) in [7, 11) is 0. The highest BCUT2D eigenvalue weighted by molar-refractivity contribution is 6.03. The van der Waals surface area contributed by atoms with Crippen LogP contribution in [-0.2, 0) is 0 Å². The number of rotatable bonds is 6. The van der Waals surface area contributed by atoms with Gasteiger partial charge in [-0.3, -0.25) is 4.79 Å². The smallest absolute Gasteiger partial charge is 0.274 e. The maximum Gasteiger partial charge on any atom is 0.274 e. The number of nitrogens with zero attached hydrogens (tertiary/aromatic N) is 3. The summed E-state index contributed by atoms with van der Waals surface area (Å²) in [6.07, 6.45) is 0.0120. The molecule has 29 heavy (non-hydrogen) atoms. The van der Waals surface area contributed by atoms with Crippen molar-refractivity contribution in [1.29, 1.82) is 5.26 Å². The van der Waals surface area contributed by atoms with Crippen molar-refractivity contribution in [2.75, 3.05) is 10.6 Å². The molecule has 0 saturated heterocycles. The maximum atomic E-state index is 12.7.